The van der Waals surface area contributed by atoms with Gasteiger partial charge in [0.05, 0.1) is 17.1 Å². The van der Waals surface area contributed by atoms with E-state index in [0.29, 0.717) is 42.8 Å². The molecule has 2 heterocycles. The Morgan fingerprint density at radius 2 is 1.91 bits per heavy atom. The van der Waals surface area contributed by atoms with Gasteiger partial charge < -0.3 is 20.1 Å². The fourth-order valence-electron chi connectivity index (χ4n) is 4.06. The molecule has 0 unspecified atom stereocenters. The van der Waals surface area contributed by atoms with Crippen LogP contribution in [0.4, 0.5) is 0 Å². The highest BCUT2D eigenvalue weighted by Gasteiger charge is 2.27. The molecule has 0 spiro atoms. The summed E-state index contributed by atoms with van der Waals surface area (Å²) in [6.07, 6.45) is 2.11. The van der Waals surface area contributed by atoms with E-state index < -0.39 is 21.5 Å². The molecule has 1 fully saturated rings. The molecule has 180 valence electrons. The Morgan fingerprint density at radius 1 is 1.15 bits per heavy atom. The number of hydrogen-bond donors (Lipinski definition) is 3. The van der Waals surface area contributed by atoms with Gasteiger partial charge in [0.1, 0.15) is 0 Å². The lowest BCUT2D eigenvalue weighted by Gasteiger charge is -2.16. The number of aromatic amines is 1. The van der Waals surface area contributed by atoms with E-state index in [2.05, 4.69) is 10.3 Å². The number of amides is 1. The number of carbonyl (C=O) groups is 1. The molecule has 34 heavy (non-hydrogen) atoms. The summed E-state index contributed by atoms with van der Waals surface area (Å²) in [7, 11) is -3.67. The van der Waals surface area contributed by atoms with E-state index in [0.717, 1.165) is 18.4 Å². The quantitative estimate of drug-likeness (QED) is 0.449. The van der Waals surface area contributed by atoms with Gasteiger partial charge in [0.2, 0.25) is 15.6 Å². The van der Waals surface area contributed by atoms with E-state index in [1.165, 1.54) is 34.6 Å². The third kappa shape index (κ3) is 4.92. The Hall–Kier alpha value is -3.37. The van der Waals surface area contributed by atoms with Crippen LogP contribution in [-0.4, -0.2) is 55.0 Å². The number of nitrogens with one attached hydrogen (secondary N) is 2. The first-order chi connectivity index (χ1) is 16.3. The highest BCUT2D eigenvalue weighted by molar-refractivity contribution is 7.89. The van der Waals surface area contributed by atoms with Crippen LogP contribution < -0.4 is 15.6 Å². The maximum Gasteiger partial charge on any atom is 0.252 e. The molecule has 3 aromatic rings. The van der Waals surface area contributed by atoms with E-state index >= 15 is 0 Å². The summed E-state index contributed by atoms with van der Waals surface area (Å²) >= 11 is 0. The number of sulfonamides is 1. The van der Waals surface area contributed by atoms with Crippen LogP contribution in [0.25, 0.3) is 10.9 Å². The van der Waals surface area contributed by atoms with Gasteiger partial charge in [-0.1, -0.05) is 6.07 Å². The highest BCUT2D eigenvalue weighted by atomic mass is 32.2. The SMILES string of the molecule is CCOc1cc(CCNC(=O)c2cc(=O)[nH]c3ccc(S(=O)(=O)N4CCCC4)cc23)ccc1O. The number of phenols is 1. The summed E-state index contributed by atoms with van der Waals surface area (Å²) in [5.41, 5.74) is 0.903. The molecule has 10 heteroatoms. The second-order valence-electron chi connectivity index (χ2n) is 8.11. The largest absolute Gasteiger partial charge is 0.504 e. The summed E-state index contributed by atoms with van der Waals surface area (Å²) in [6.45, 7) is 3.46. The minimum Gasteiger partial charge on any atom is -0.504 e. The van der Waals surface area contributed by atoms with Crippen molar-refractivity contribution in [2.75, 3.05) is 26.2 Å². The maximum atomic E-state index is 13.0. The molecule has 1 amide bonds. The molecule has 3 N–H and O–H groups in total. The average Bonchev–Trinajstić information content (AvgIpc) is 3.36. The molecule has 0 saturated carbocycles. The summed E-state index contributed by atoms with van der Waals surface area (Å²) in [4.78, 5) is 27.8. The number of carbonyl (C=O) groups excluding carboxylic acids is 1. The summed E-state index contributed by atoms with van der Waals surface area (Å²) in [5, 5.41) is 13.0. The lowest BCUT2D eigenvalue weighted by molar-refractivity contribution is 0.0955. The third-order valence-corrected chi connectivity index (χ3v) is 7.68. The zero-order valence-electron chi connectivity index (χ0n) is 18.8. The molecule has 1 aliphatic heterocycles. The molecular weight excluding hydrogens is 458 g/mol. The van der Waals surface area contributed by atoms with E-state index in [9.17, 15) is 23.1 Å². The van der Waals surface area contributed by atoms with Crippen LogP contribution in [0.5, 0.6) is 11.5 Å². The van der Waals surface area contributed by atoms with Crippen molar-refractivity contribution in [2.24, 2.45) is 0 Å². The first kappa shape index (κ1) is 23.8. The fourth-order valence-corrected chi connectivity index (χ4v) is 5.60. The molecule has 2 aromatic carbocycles. The van der Waals surface area contributed by atoms with Crippen LogP contribution >= 0.6 is 0 Å². The Balaban J connectivity index is 1.56. The Bertz CT molecular complexity index is 1380. The second-order valence-corrected chi connectivity index (χ2v) is 10.0. The number of ether oxygens (including phenoxy) is 1. The minimum atomic E-state index is -3.67. The van der Waals surface area contributed by atoms with Crippen LogP contribution in [-0.2, 0) is 16.4 Å². The van der Waals surface area contributed by atoms with Gasteiger partial charge in [-0.05, 0) is 62.1 Å². The minimum absolute atomic E-state index is 0.0457. The number of H-pyrrole nitrogens is 1. The molecule has 0 radical (unpaired) electrons. The van der Waals surface area contributed by atoms with Crippen LogP contribution in [0.15, 0.2) is 52.2 Å². The van der Waals surface area contributed by atoms with Gasteiger partial charge in [0, 0.05) is 36.6 Å². The topological polar surface area (TPSA) is 129 Å². The normalized spacial score (nSPS) is 14.4. The number of phenolic OH excluding ortho intramolecular Hbond substituents is 1. The first-order valence-corrected chi connectivity index (χ1v) is 12.6. The molecule has 0 aliphatic carbocycles. The molecule has 0 atom stereocenters. The third-order valence-electron chi connectivity index (χ3n) is 5.79. The van der Waals surface area contributed by atoms with Gasteiger partial charge in [-0.25, -0.2) is 8.42 Å². The Morgan fingerprint density at radius 3 is 2.65 bits per heavy atom. The molecule has 1 aliphatic rings. The van der Waals surface area contributed by atoms with E-state index in [-0.39, 0.29) is 22.8 Å². The van der Waals surface area contributed by atoms with Gasteiger partial charge in [0.15, 0.2) is 11.5 Å². The zero-order chi connectivity index (χ0) is 24.3. The molecule has 1 aromatic heterocycles. The second kappa shape index (κ2) is 9.86. The number of aromatic nitrogens is 1. The maximum absolute atomic E-state index is 13.0. The fraction of sp³-hybridized carbons (Fsp3) is 0.333. The molecule has 0 bridgehead atoms. The smallest absolute Gasteiger partial charge is 0.252 e. The summed E-state index contributed by atoms with van der Waals surface area (Å²) < 4.78 is 32.8. The van der Waals surface area contributed by atoms with Crippen LogP contribution in [0.2, 0.25) is 0 Å². The molecular formula is C24H27N3O6S. The van der Waals surface area contributed by atoms with Gasteiger partial charge >= 0.3 is 0 Å². The van der Waals surface area contributed by atoms with Crippen molar-refractivity contribution in [3.05, 3.63) is 63.9 Å². The lowest BCUT2D eigenvalue weighted by Crippen LogP contribution is -2.28. The van der Waals surface area contributed by atoms with Crippen molar-refractivity contribution < 1.29 is 23.1 Å². The number of pyridine rings is 1. The average molecular weight is 486 g/mol. The van der Waals surface area contributed by atoms with E-state index in [1.54, 1.807) is 12.1 Å². The van der Waals surface area contributed by atoms with Gasteiger partial charge in [-0.3, -0.25) is 9.59 Å². The lowest BCUT2D eigenvalue weighted by atomic mass is 10.1. The molecule has 1 saturated heterocycles. The number of hydrogen-bond acceptors (Lipinski definition) is 6. The standard InChI is InChI=1S/C24H27N3O6S/c1-2-33-22-13-16(5-8-21(22)28)9-10-25-24(30)19-15-23(29)26-20-7-6-17(14-18(19)20)34(31,32)27-11-3-4-12-27/h5-8,13-15,28H,2-4,9-12H2,1H3,(H,25,30)(H,26,29). The molecule has 4 rings (SSSR count). The highest BCUT2D eigenvalue weighted by Crippen LogP contribution is 2.27. The Labute approximate surface area is 197 Å². The van der Waals surface area contributed by atoms with Crippen molar-refractivity contribution in [3.63, 3.8) is 0 Å². The van der Waals surface area contributed by atoms with Crippen LogP contribution in [0, 0.1) is 0 Å². The van der Waals surface area contributed by atoms with Crippen molar-refractivity contribution in [2.45, 2.75) is 31.1 Å². The summed E-state index contributed by atoms with van der Waals surface area (Å²) in [5.74, 6) is -0.0569. The van der Waals surface area contributed by atoms with Crippen molar-refractivity contribution >= 4 is 26.8 Å². The summed E-state index contributed by atoms with van der Waals surface area (Å²) in [6, 6.07) is 10.6. The van der Waals surface area contributed by atoms with Gasteiger partial charge in [-0.2, -0.15) is 4.31 Å². The van der Waals surface area contributed by atoms with Crippen molar-refractivity contribution in [3.8, 4) is 11.5 Å². The number of aromatic hydroxyl groups is 1. The van der Waals surface area contributed by atoms with Crippen LogP contribution in [0.3, 0.4) is 0 Å². The first-order valence-electron chi connectivity index (χ1n) is 11.2. The number of fused-ring (bicyclic) bond motifs is 1. The van der Waals surface area contributed by atoms with Crippen molar-refractivity contribution in [1.82, 2.24) is 14.6 Å². The van der Waals surface area contributed by atoms with Crippen LogP contribution in [0.1, 0.15) is 35.7 Å². The number of benzene rings is 2. The number of nitrogens with zero attached hydrogens (tertiary/aromatic N) is 1. The molecule has 9 nitrogen and oxygen atoms in total. The number of rotatable bonds is 8. The van der Waals surface area contributed by atoms with Gasteiger partial charge in [-0.15, -0.1) is 0 Å². The predicted molar refractivity (Wildman–Crippen MR) is 128 cm³/mol. The Kier molecular flexibility index (Phi) is 6.90. The zero-order valence-corrected chi connectivity index (χ0v) is 19.7. The van der Waals surface area contributed by atoms with Gasteiger partial charge in [0.25, 0.3) is 5.91 Å². The van der Waals surface area contributed by atoms with E-state index in [4.69, 9.17) is 4.74 Å². The predicted octanol–water partition coefficient (Wildman–Crippen LogP) is 2.39. The van der Waals surface area contributed by atoms with Crippen molar-refractivity contribution in [1.29, 1.82) is 0 Å². The monoisotopic (exact) mass is 485 g/mol. The van der Waals surface area contributed by atoms with E-state index in [1.807, 2.05) is 6.92 Å².